The molecule has 0 bridgehead atoms. The Kier molecular flexibility index (Phi) is 7.69. The number of nitrogens with zero attached hydrogens (tertiary/aromatic N) is 2. The molecule has 4 aliphatic carbocycles. The largest absolute Gasteiger partial charge is 0.289 e. The molecule has 0 amide bonds. The molecule has 11 rings (SSSR count). The molecule has 0 saturated carbocycles. The fourth-order valence-corrected chi connectivity index (χ4v) is 14.7. The van der Waals surface area contributed by atoms with E-state index in [1.165, 1.54) is 50.8 Å². The molecule has 61 heavy (non-hydrogen) atoms. The first kappa shape index (κ1) is 36.9. The normalized spacial score (nSPS) is 18.9. The van der Waals surface area contributed by atoms with Crippen LogP contribution >= 0.6 is 34.0 Å². The molecule has 3 heterocycles. The third-order valence-corrected chi connectivity index (χ3v) is 17.5. The maximum Gasteiger partial charge on any atom is 0.194 e. The van der Waals surface area contributed by atoms with E-state index in [1.54, 1.807) is 12.1 Å². The van der Waals surface area contributed by atoms with Gasteiger partial charge in [-0.15, -0.1) is 46.9 Å². The lowest BCUT2D eigenvalue weighted by Gasteiger charge is -2.20. The molecule has 0 saturated heterocycles. The van der Waals surface area contributed by atoms with E-state index < -0.39 is 0 Å². The minimum atomic E-state index is -0.224. The summed E-state index contributed by atoms with van der Waals surface area (Å²) in [6.07, 6.45) is 15.4. The second-order valence-electron chi connectivity index (χ2n) is 16.8. The van der Waals surface area contributed by atoms with Gasteiger partial charge in [0.2, 0.25) is 0 Å². The standard InChI is InChI=1S/C54H30N2O2S3/c1-7-29(25-55)41-31-13-9-11-15-33(31)45(57)37(41)23-27-17-19-39-35(21-27)43-47-49(60-51(43)53(39,3)4)50-48(59-47)44-36-22-28(18-20-40(36)54(5,6)52(44)61-50)24-38-42(30(8-2)26-56)32-14-10-12-16-34(32)46(38)58/h1-2,9-24H,3-6H3/b37-23-,38-24-,41-29-,42-30-. The Labute approximate surface area is 364 Å². The van der Waals surface area contributed by atoms with Crippen LogP contribution < -0.4 is 0 Å². The van der Waals surface area contributed by atoms with Crippen LogP contribution in [0.1, 0.15) is 91.5 Å². The number of rotatable bonds is 2. The number of fused-ring (bicyclic) bond motifs is 13. The molecule has 0 spiro atoms. The topological polar surface area (TPSA) is 81.7 Å². The number of allylic oxidation sites excluding steroid dienone is 6. The predicted octanol–water partition coefficient (Wildman–Crippen LogP) is 13.2. The zero-order valence-corrected chi connectivity index (χ0v) is 35.8. The number of carbonyl (C=O) groups is 2. The van der Waals surface area contributed by atoms with Crippen molar-refractivity contribution in [3.63, 3.8) is 0 Å². The lowest BCUT2D eigenvalue weighted by atomic mass is 9.86. The summed E-state index contributed by atoms with van der Waals surface area (Å²) in [7, 11) is 0. The molecular weight excluding hydrogens is 805 g/mol. The Balaban J connectivity index is 1.06. The Morgan fingerprint density at radius 2 is 0.934 bits per heavy atom. The summed E-state index contributed by atoms with van der Waals surface area (Å²) in [5.41, 5.74) is 13.2. The van der Waals surface area contributed by atoms with Crippen molar-refractivity contribution in [2.45, 2.75) is 38.5 Å². The molecule has 7 heteroatoms. The van der Waals surface area contributed by atoms with Crippen LogP contribution in [0.25, 0.3) is 64.4 Å². The average molecular weight is 835 g/mol. The van der Waals surface area contributed by atoms with Crippen molar-refractivity contribution in [1.29, 1.82) is 10.5 Å². The van der Waals surface area contributed by atoms with Crippen LogP contribution in [0.2, 0.25) is 0 Å². The third kappa shape index (κ3) is 4.80. The fourth-order valence-electron chi connectivity index (χ4n) is 9.92. The third-order valence-electron chi connectivity index (χ3n) is 12.8. The van der Waals surface area contributed by atoms with Crippen molar-refractivity contribution in [2.75, 3.05) is 0 Å². The van der Waals surface area contributed by atoms with E-state index in [-0.39, 0.29) is 33.5 Å². The lowest BCUT2D eigenvalue weighted by Crippen LogP contribution is -2.13. The molecule has 0 aliphatic heterocycles. The molecule has 0 unspecified atom stereocenters. The Morgan fingerprint density at radius 3 is 1.31 bits per heavy atom. The number of benzene rings is 4. The first-order chi connectivity index (χ1) is 29.4. The van der Waals surface area contributed by atoms with Crippen LogP contribution in [0, 0.1) is 47.3 Å². The highest BCUT2D eigenvalue weighted by Crippen LogP contribution is 2.64. The Bertz CT molecular complexity index is 3340. The lowest BCUT2D eigenvalue weighted by molar-refractivity contribution is 0.103. The number of Topliss-reactive ketones (excluding diaryl/α,β-unsaturated/α-hetero) is 2. The van der Waals surface area contributed by atoms with E-state index >= 15 is 0 Å². The summed E-state index contributed by atoms with van der Waals surface area (Å²) < 4.78 is 5.11. The minimum absolute atomic E-state index is 0.140. The van der Waals surface area contributed by atoms with Crippen molar-refractivity contribution < 1.29 is 9.59 Å². The minimum Gasteiger partial charge on any atom is -0.289 e. The second kappa shape index (κ2) is 12.7. The van der Waals surface area contributed by atoms with Crippen LogP contribution in [-0.4, -0.2) is 11.6 Å². The molecule has 0 radical (unpaired) electrons. The monoisotopic (exact) mass is 834 g/mol. The highest BCUT2D eigenvalue weighted by Gasteiger charge is 2.43. The number of nitriles is 2. The number of ketones is 2. The van der Waals surface area contributed by atoms with Gasteiger partial charge in [0, 0.05) is 65.1 Å². The average Bonchev–Trinajstić information content (AvgIpc) is 4.10. The van der Waals surface area contributed by atoms with Crippen molar-refractivity contribution in [3.05, 3.63) is 161 Å². The molecule has 4 aromatic carbocycles. The van der Waals surface area contributed by atoms with Crippen LogP contribution in [-0.2, 0) is 10.8 Å². The van der Waals surface area contributed by atoms with Gasteiger partial charge in [-0.1, -0.05) is 112 Å². The maximum atomic E-state index is 13.8. The van der Waals surface area contributed by atoms with Crippen molar-refractivity contribution in [2.24, 2.45) is 0 Å². The highest BCUT2D eigenvalue weighted by atomic mass is 32.1. The molecule has 3 aromatic heterocycles. The van der Waals surface area contributed by atoms with Gasteiger partial charge in [0.05, 0.1) is 18.8 Å². The van der Waals surface area contributed by atoms with E-state index in [2.05, 4.69) is 88.1 Å². The van der Waals surface area contributed by atoms with Gasteiger partial charge in [-0.25, -0.2) is 0 Å². The van der Waals surface area contributed by atoms with Gasteiger partial charge in [-0.3, -0.25) is 9.59 Å². The van der Waals surface area contributed by atoms with E-state index in [9.17, 15) is 20.1 Å². The number of carbonyl (C=O) groups excluding carboxylic acids is 2. The SMILES string of the molecule is C#C/C(C#N)=C1/C(=C/c2ccc3c(c2)-c2c(sc4c2sc2c5c(sc24)C(C)(C)c2ccc(/C=C4\C(=O)c6ccccc6\C4=C(/C#C)C#N)cc2-5)C3(C)C)C(=O)c2ccccc21. The van der Waals surface area contributed by atoms with Crippen LogP contribution in [0.15, 0.2) is 107 Å². The Hall–Kier alpha value is -7.10. The zero-order chi connectivity index (χ0) is 42.3. The molecule has 0 fully saturated rings. The summed E-state index contributed by atoms with van der Waals surface area (Å²) in [5, 5.41) is 19.9. The molecule has 286 valence electrons. The molecule has 7 aromatic rings. The highest BCUT2D eigenvalue weighted by molar-refractivity contribution is 7.40. The van der Waals surface area contributed by atoms with Crippen LogP contribution in [0.4, 0.5) is 0 Å². The van der Waals surface area contributed by atoms with E-state index in [0.717, 1.165) is 22.3 Å². The molecule has 4 aliphatic rings. The molecular formula is C54H30N2O2S3. The fraction of sp³-hybridized carbons (Fsp3) is 0.111. The smallest absolute Gasteiger partial charge is 0.194 e. The zero-order valence-electron chi connectivity index (χ0n) is 33.3. The van der Waals surface area contributed by atoms with Crippen LogP contribution in [0.3, 0.4) is 0 Å². The number of hydrogen-bond acceptors (Lipinski definition) is 7. The Morgan fingerprint density at radius 1 is 0.541 bits per heavy atom. The molecule has 4 nitrogen and oxygen atoms in total. The number of terminal acetylenes is 2. The number of thiophene rings is 3. The van der Waals surface area contributed by atoms with Crippen molar-refractivity contribution in [1.82, 2.24) is 0 Å². The number of hydrogen-bond donors (Lipinski definition) is 0. The van der Waals surface area contributed by atoms with Gasteiger partial charge in [0.1, 0.15) is 23.3 Å². The van der Waals surface area contributed by atoms with Gasteiger partial charge >= 0.3 is 0 Å². The van der Waals surface area contributed by atoms with Crippen LogP contribution in [0.5, 0.6) is 0 Å². The van der Waals surface area contributed by atoms with Gasteiger partial charge in [-0.2, -0.15) is 10.5 Å². The van der Waals surface area contributed by atoms with E-state index in [4.69, 9.17) is 12.8 Å². The van der Waals surface area contributed by atoms with E-state index in [0.29, 0.717) is 44.5 Å². The maximum absolute atomic E-state index is 13.8. The summed E-state index contributed by atoms with van der Waals surface area (Å²) in [5.74, 6) is 4.76. The van der Waals surface area contributed by atoms with Gasteiger partial charge < -0.3 is 0 Å². The predicted molar refractivity (Wildman–Crippen MR) is 250 cm³/mol. The molecule has 0 atom stereocenters. The first-order valence-corrected chi connectivity index (χ1v) is 22.1. The van der Waals surface area contributed by atoms with Gasteiger partial charge in [0.25, 0.3) is 0 Å². The molecule has 0 N–H and O–H groups in total. The second-order valence-corrected chi connectivity index (χ2v) is 19.8. The van der Waals surface area contributed by atoms with Crippen molar-refractivity contribution >= 4 is 87.7 Å². The summed E-state index contributed by atoms with van der Waals surface area (Å²) >= 11 is 5.61. The quantitative estimate of drug-likeness (QED) is 0.0987. The summed E-state index contributed by atoms with van der Waals surface area (Å²) in [4.78, 5) is 30.3. The van der Waals surface area contributed by atoms with Gasteiger partial charge in [-0.05, 0) is 68.8 Å². The van der Waals surface area contributed by atoms with E-state index in [1.807, 2.05) is 82.6 Å². The summed E-state index contributed by atoms with van der Waals surface area (Å²) in [6, 6.07) is 31.8. The first-order valence-electron chi connectivity index (χ1n) is 19.7. The van der Waals surface area contributed by atoms with Gasteiger partial charge in [0.15, 0.2) is 11.6 Å². The summed E-state index contributed by atoms with van der Waals surface area (Å²) in [6.45, 7) is 9.16. The van der Waals surface area contributed by atoms with Crippen molar-refractivity contribution in [3.8, 4) is 59.1 Å².